The summed E-state index contributed by atoms with van der Waals surface area (Å²) in [4.78, 5) is 37.4. The number of hydrogen-bond acceptors (Lipinski definition) is 7. The van der Waals surface area contributed by atoms with Crippen LogP contribution in [-0.4, -0.2) is 31.8 Å². The molecule has 3 heterocycles. The number of carbonyl (C=O) groups is 2. The summed E-state index contributed by atoms with van der Waals surface area (Å²) in [5.74, 6) is -0.659. The number of furan rings is 1. The summed E-state index contributed by atoms with van der Waals surface area (Å²) >= 11 is 0. The third-order valence-corrected chi connectivity index (χ3v) is 6.91. The van der Waals surface area contributed by atoms with Crippen LogP contribution in [0.25, 0.3) is 39.0 Å². The Bertz CT molecular complexity index is 2180. The van der Waals surface area contributed by atoms with Gasteiger partial charge in [-0.15, -0.1) is 0 Å². The van der Waals surface area contributed by atoms with Crippen LogP contribution in [0.2, 0.25) is 0 Å². The predicted octanol–water partition coefficient (Wildman–Crippen LogP) is 5.64. The highest BCUT2D eigenvalue weighted by Gasteiger charge is 2.31. The van der Waals surface area contributed by atoms with E-state index in [1.165, 1.54) is 35.9 Å². The number of anilines is 3. The molecule has 0 bridgehead atoms. The van der Waals surface area contributed by atoms with Crippen molar-refractivity contribution < 1.29 is 27.2 Å². The van der Waals surface area contributed by atoms with Crippen LogP contribution in [0.15, 0.2) is 75.9 Å². The Hall–Kier alpha value is -5.92. The average molecular weight is 602 g/mol. The Morgan fingerprint density at radius 1 is 1.00 bits per heavy atom. The molecule has 6 rings (SSSR count). The lowest BCUT2D eigenvalue weighted by molar-refractivity contribution is -0.137. The van der Waals surface area contributed by atoms with E-state index >= 15 is 0 Å². The van der Waals surface area contributed by atoms with Gasteiger partial charge in [-0.1, -0.05) is 18.2 Å². The highest BCUT2D eigenvalue weighted by molar-refractivity contribution is 6.07. The van der Waals surface area contributed by atoms with E-state index in [4.69, 9.17) is 10.2 Å². The number of alkyl halides is 3. The number of aromatic amines is 1. The molecule has 0 fully saturated rings. The maximum Gasteiger partial charge on any atom is 0.416 e. The molecule has 0 saturated carbocycles. The summed E-state index contributed by atoms with van der Waals surface area (Å²) in [5.41, 5.74) is 7.03. The largest absolute Gasteiger partial charge is 0.454 e. The van der Waals surface area contributed by atoms with Crippen LogP contribution in [0.4, 0.5) is 30.4 Å². The Morgan fingerprint density at radius 2 is 1.73 bits per heavy atom. The Balaban J connectivity index is 1.47. The minimum Gasteiger partial charge on any atom is -0.454 e. The second-order valence-electron chi connectivity index (χ2n) is 9.95. The highest BCUT2D eigenvalue weighted by atomic mass is 19.4. The van der Waals surface area contributed by atoms with Crippen LogP contribution in [-0.2, 0) is 11.0 Å². The average Bonchev–Trinajstić information content (AvgIpc) is 3.53. The number of halogens is 3. The van der Waals surface area contributed by atoms with Crippen LogP contribution in [0, 0.1) is 6.92 Å². The van der Waals surface area contributed by atoms with Gasteiger partial charge in [0.05, 0.1) is 16.6 Å². The first-order valence-corrected chi connectivity index (χ1v) is 13.1. The van der Waals surface area contributed by atoms with Crippen molar-refractivity contribution in [2.45, 2.75) is 20.0 Å². The normalized spacial score (nSPS) is 11.7. The van der Waals surface area contributed by atoms with Gasteiger partial charge in [0.15, 0.2) is 17.1 Å². The van der Waals surface area contributed by atoms with E-state index in [9.17, 15) is 27.6 Å². The number of hydrogen-bond donors (Lipinski definition) is 4. The fourth-order valence-corrected chi connectivity index (χ4v) is 4.92. The molecule has 44 heavy (non-hydrogen) atoms. The molecule has 0 atom stereocenters. The molecule has 0 saturated heterocycles. The van der Waals surface area contributed by atoms with Gasteiger partial charge >= 0.3 is 6.18 Å². The highest BCUT2D eigenvalue weighted by Crippen LogP contribution is 2.39. The first kappa shape index (κ1) is 28.2. The lowest BCUT2D eigenvalue weighted by Gasteiger charge is -2.10. The van der Waals surface area contributed by atoms with Crippen molar-refractivity contribution >= 4 is 50.9 Å². The molecule has 0 spiro atoms. The molecule has 2 amide bonds. The van der Waals surface area contributed by atoms with Gasteiger partial charge in [-0.2, -0.15) is 23.4 Å². The summed E-state index contributed by atoms with van der Waals surface area (Å²) in [6.07, 6.45) is -4.56. The molecular weight excluding hydrogens is 579 g/mol. The van der Waals surface area contributed by atoms with Crippen molar-refractivity contribution in [2.75, 3.05) is 16.4 Å². The Labute approximate surface area is 245 Å². The lowest BCUT2D eigenvalue weighted by Crippen LogP contribution is -2.13. The van der Waals surface area contributed by atoms with Gasteiger partial charge in [0.1, 0.15) is 11.3 Å². The molecule has 3 aromatic heterocycles. The molecule has 5 N–H and O–H groups in total. The second-order valence-corrected chi connectivity index (χ2v) is 9.95. The van der Waals surface area contributed by atoms with E-state index in [1.54, 1.807) is 37.3 Å². The SMILES string of the molecule is CC(=O)Nc1cccc(-n2nc3c(=O)[nH]nc(N)c3c2-c2oc3cc(C(=O)Nc4cccc(C(F)(F)F)c4)ccc3c2C)c1. The molecule has 0 unspecified atom stereocenters. The number of aromatic nitrogens is 4. The molecule has 0 radical (unpaired) electrons. The number of aryl methyl sites for hydroxylation is 1. The number of nitrogens with zero attached hydrogens (tertiary/aromatic N) is 3. The fraction of sp³-hybridized carbons (Fsp3) is 0.100. The van der Waals surface area contributed by atoms with Crippen molar-refractivity contribution in [3.05, 3.63) is 93.8 Å². The number of benzene rings is 3. The monoisotopic (exact) mass is 601 g/mol. The third kappa shape index (κ3) is 5.02. The fourth-order valence-electron chi connectivity index (χ4n) is 4.92. The second kappa shape index (κ2) is 10.4. The molecule has 3 aromatic carbocycles. The number of rotatable bonds is 5. The van der Waals surface area contributed by atoms with E-state index in [2.05, 4.69) is 25.9 Å². The zero-order chi connectivity index (χ0) is 31.3. The van der Waals surface area contributed by atoms with Crippen molar-refractivity contribution in [2.24, 2.45) is 0 Å². The summed E-state index contributed by atoms with van der Waals surface area (Å²) in [7, 11) is 0. The van der Waals surface area contributed by atoms with Crippen LogP contribution in [0.5, 0.6) is 0 Å². The molecule has 0 aliphatic rings. The number of carbonyl (C=O) groups excluding carboxylic acids is 2. The molecule has 14 heteroatoms. The molecule has 222 valence electrons. The van der Waals surface area contributed by atoms with Gasteiger partial charge in [0.2, 0.25) is 5.91 Å². The topological polar surface area (TPSA) is 161 Å². The first-order chi connectivity index (χ1) is 20.9. The number of nitrogens with two attached hydrogens (primary N) is 1. The minimum atomic E-state index is -4.56. The van der Waals surface area contributed by atoms with Crippen LogP contribution < -0.4 is 21.9 Å². The molecule has 11 nitrogen and oxygen atoms in total. The van der Waals surface area contributed by atoms with Crippen molar-refractivity contribution in [1.29, 1.82) is 0 Å². The first-order valence-electron chi connectivity index (χ1n) is 13.1. The zero-order valence-corrected chi connectivity index (χ0v) is 23.0. The van der Waals surface area contributed by atoms with Gasteiger partial charge in [0.25, 0.3) is 11.5 Å². The van der Waals surface area contributed by atoms with E-state index in [0.29, 0.717) is 33.6 Å². The van der Waals surface area contributed by atoms with E-state index < -0.39 is 23.2 Å². The Kier molecular flexibility index (Phi) is 6.68. The van der Waals surface area contributed by atoms with Crippen molar-refractivity contribution in [1.82, 2.24) is 20.0 Å². The van der Waals surface area contributed by atoms with Crippen LogP contribution in [0.1, 0.15) is 28.4 Å². The van der Waals surface area contributed by atoms with E-state index in [0.717, 1.165) is 12.1 Å². The molecule has 6 aromatic rings. The maximum absolute atomic E-state index is 13.1. The van der Waals surface area contributed by atoms with Gasteiger partial charge in [-0.3, -0.25) is 14.4 Å². The van der Waals surface area contributed by atoms with Gasteiger partial charge in [-0.05, 0) is 55.5 Å². The molecule has 0 aliphatic heterocycles. The quantitative estimate of drug-likeness (QED) is 0.199. The lowest BCUT2D eigenvalue weighted by atomic mass is 10.1. The number of nitrogen functional groups attached to an aromatic ring is 1. The van der Waals surface area contributed by atoms with Crippen molar-refractivity contribution in [3.8, 4) is 17.1 Å². The van der Waals surface area contributed by atoms with Crippen LogP contribution >= 0.6 is 0 Å². The summed E-state index contributed by atoms with van der Waals surface area (Å²) in [5, 5.41) is 16.8. The van der Waals surface area contributed by atoms with Crippen LogP contribution in [0.3, 0.4) is 0 Å². The van der Waals surface area contributed by atoms with Gasteiger partial charge in [-0.25, -0.2) is 9.78 Å². The predicted molar refractivity (Wildman–Crippen MR) is 158 cm³/mol. The standard InChI is InChI=1S/C30H22F3N7O4/c1-14-21-10-9-16(28(42)36-18-6-3-5-17(12-18)30(31,32)33)11-22(21)44-26(14)25-23-24(29(43)38-37-27(23)34)39-40(25)20-8-4-7-19(13-20)35-15(2)41/h3-13H,1-2H3,(H2,34,37)(H,35,41)(H,36,42)(H,38,43). The molecule has 0 aliphatic carbocycles. The zero-order valence-electron chi connectivity index (χ0n) is 23.0. The summed E-state index contributed by atoms with van der Waals surface area (Å²) in [6, 6.07) is 15.7. The van der Waals surface area contributed by atoms with Gasteiger partial charge < -0.3 is 20.8 Å². The van der Waals surface area contributed by atoms with Crippen molar-refractivity contribution in [3.63, 3.8) is 0 Å². The maximum atomic E-state index is 13.1. The number of fused-ring (bicyclic) bond motifs is 2. The van der Waals surface area contributed by atoms with Gasteiger partial charge in [0, 0.05) is 34.8 Å². The number of nitrogens with one attached hydrogen (secondary N) is 3. The Morgan fingerprint density at radius 3 is 2.45 bits per heavy atom. The third-order valence-electron chi connectivity index (χ3n) is 6.91. The van der Waals surface area contributed by atoms with E-state index in [1.807, 2.05) is 0 Å². The molecular formula is C30H22F3N7O4. The summed E-state index contributed by atoms with van der Waals surface area (Å²) < 4.78 is 47.1. The number of amides is 2. The summed E-state index contributed by atoms with van der Waals surface area (Å²) in [6.45, 7) is 3.15. The smallest absolute Gasteiger partial charge is 0.416 e. The minimum absolute atomic E-state index is 0.00144. The number of H-pyrrole nitrogens is 1. The van der Waals surface area contributed by atoms with E-state index in [-0.39, 0.29) is 39.6 Å².